The zero-order valence-electron chi connectivity index (χ0n) is 15.6. The Bertz CT molecular complexity index is 1040. The number of alkyl halides is 3. The number of ether oxygens (including phenoxy) is 1. The molecule has 0 unspecified atom stereocenters. The lowest BCUT2D eigenvalue weighted by Crippen LogP contribution is -2.11. The van der Waals surface area contributed by atoms with E-state index in [0.29, 0.717) is 17.0 Å². The number of halogens is 4. The largest absolute Gasteiger partial charge is 0.497 e. The van der Waals surface area contributed by atoms with E-state index in [1.54, 1.807) is 31.2 Å². The van der Waals surface area contributed by atoms with E-state index in [-0.39, 0.29) is 17.2 Å². The van der Waals surface area contributed by atoms with Crippen LogP contribution in [0.3, 0.4) is 0 Å². The van der Waals surface area contributed by atoms with Gasteiger partial charge in [-0.3, -0.25) is 0 Å². The third-order valence-electron chi connectivity index (χ3n) is 3.96. The quantitative estimate of drug-likeness (QED) is 0.395. The second kappa shape index (κ2) is 7.86. The lowest BCUT2D eigenvalue weighted by Gasteiger charge is -2.10. The maximum Gasteiger partial charge on any atom is 0.433 e. The van der Waals surface area contributed by atoms with E-state index in [1.807, 2.05) is 0 Å². The number of anilines is 1. The van der Waals surface area contributed by atoms with Gasteiger partial charge in [0.15, 0.2) is 5.69 Å². The van der Waals surface area contributed by atoms with Crippen molar-refractivity contribution in [2.45, 2.75) is 13.1 Å². The summed E-state index contributed by atoms with van der Waals surface area (Å²) in [5.74, 6) is -0.462. The highest BCUT2D eigenvalue weighted by Gasteiger charge is 2.33. The highest BCUT2D eigenvalue weighted by Crippen LogP contribution is 2.31. The summed E-state index contributed by atoms with van der Waals surface area (Å²) in [6.07, 6.45) is -3.58. The number of aryl methyl sites for hydroxylation is 2. The minimum atomic E-state index is -4.68. The highest BCUT2D eigenvalue weighted by atomic mass is 19.4. The van der Waals surface area contributed by atoms with Crippen LogP contribution in [0.1, 0.15) is 17.0 Å². The smallest absolute Gasteiger partial charge is 0.433 e. The number of hydrazone groups is 1. The molecular formula is C18H16F4N6O. The maximum atomic E-state index is 13.9. The molecule has 3 rings (SSSR count). The SMILES string of the molecule is COc1ccc(-c2cc(C(F)(F)F)nc(N/N=C/c3c(C)nn(C)c3F)n2)cc1. The topological polar surface area (TPSA) is 77.2 Å². The van der Waals surface area contributed by atoms with Gasteiger partial charge < -0.3 is 4.74 Å². The molecule has 2 heterocycles. The van der Waals surface area contributed by atoms with Crippen molar-refractivity contribution in [2.24, 2.45) is 12.1 Å². The van der Waals surface area contributed by atoms with Gasteiger partial charge in [0.2, 0.25) is 11.9 Å². The van der Waals surface area contributed by atoms with Crippen molar-refractivity contribution in [2.75, 3.05) is 12.5 Å². The number of aromatic nitrogens is 4. The van der Waals surface area contributed by atoms with Crippen LogP contribution in [0.15, 0.2) is 35.4 Å². The van der Waals surface area contributed by atoms with Crippen LogP contribution < -0.4 is 10.2 Å². The first-order valence-electron chi connectivity index (χ1n) is 8.28. The van der Waals surface area contributed by atoms with Crippen molar-refractivity contribution < 1.29 is 22.3 Å². The van der Waals surface area contributed by atoms with Gasteiger partial charge in [-0.05, 0) is 37.3 Å². The lowest BCUT2D eigenvalue weighted by molar-refractivity contribution is -0.141. The fourth-order valence-electron chi connectivity index (χ4n) is 2.50. The van der Waals surface area contributed by atoms with Gasteiger partial charge in [0.1, 0.15) is 5.75 Å². The predicted octanol–water partition coefficient (Wildman–Crippen LogP) is 3.80. The molecule has 11 heteroatoms. The molecule has 0 amide bonds. The van der Waals surface area contributed by atoms with Crippen LogP contribution in [0.4, 0.5) is 23.5 Å². The number of hydrogen-bond acceptors (Lipinski definition) is 6. The van der Waals surface area contributed by atoms with Gasteiger partial charge >= 0.3 is 6.18 Å². The Morgan fingerprint density at radius 1 is 1.17 bits per heavy atom. The van der Waals surface area contributed by atoms with Crippen LogP contribution in [0.2, 0.25) is 0 Å². The summed E-state index contributed by atoms with van der Waals surface area (Å²) in [5.41, 5.74) is 2.12. The van der Waals surface area contributed by atoms with E-state index >= 15 is 0 Å². The second-order valence-electron chi connectivity index (χ2n) is 5.97. The highest BCUT2D eigenvalue weighted by molar-refractivity contribution is 5.81. The third-order valence-corrected chi connectivity index (χ3v) is 3.96. The maximum absolute atomic E-state index is 13.9. The van der Waals surface area contributed by atoms with Gasteiger partial charge in [-0.25, -0.2) is 20.1 Å². The van der Waals surface area contributed by atoms with Crippen molar-refractivity contribution in [3.63, 3.8) is 0 Å². The fraction of sp³-hybridized carbons (Fsp3) is 0.222. The van der Waals surface area contributed by atoms with Gasteiger partial charge in [-0.2, -0.15) is 27.8 Å². The van der Waals surface area contributed by atoms with E-state index in [2.05, 4.69) is 25.6 Å². The van der Waals surface area contributed by atoms with E-state index < -0.39 is 17.8 Å². The lowest BCUT2D eigenvalue weighted by atomic mass is 10.1. The monoisotopic (exact) mass is 408 g/mol. The number of hydrogen-bond donors (Lipinski definition) is 1. The molecule has 0 spiro atoms. The summed E-state index contributed by atoms with van der Waals surface area (Å²) < 4.78 is 59.7. The molecule has 1 aromatic carbocycles. The number of nitrogens with one attached hydrogen (secondary N) is 1. The predicted molar refractivity (Wildman–Crippen MR) is 98.1 cm³/mol. The zero-order valence-corrected chi connectivity index (χ0v) is 15.6. The van der Waals surface area contributed by atoms with Crippen LogP contribution >= 0.6 is 0 Å². The van der Waals surface area contributed by atoms with Gasteiger partial charge in [0.05, 0.1) is 30.3 Å². The summed E-state index contributed by atoms with van der Waals surface area (Å²) in [5, 5.41) is 7.63. The average Bonchev–Trinajstić information content (AvgIpc) is 2.93. The molecule has 0 fully saturated rings. The first kappa shape index (κ1) is 20.2. The minimum absolute atomic E-state index is 0.0383. The Balaban J connectivity index is 1.94. The number of benzene rings is 1. The van der Waals surface area contributed by atoms with E-state index in [4.69, 9.17) is 4.74 Å². The minimum Gasteiger partial charge on any atom is -0.497 e. The van der Waals surface area contributed by atoms with E-state index in [9.17, 15) is 17.6 Å². The normalized spacial score (nSPS) is 11.8. The Morgan fingerprint density at radius 3 is 2.41 bits per heavy atom. The molecule has 29 heavy (non-hydrogen) atoms. The first-order valence-corrected chi connectivity index (χ1v) is 8.28. The van der Waals surface area contributed by atoms with Crippen molar-refractivity contribution in [1.82, 2.24) is 19.7 Å². The number of nitrogens with zero attached hydrogens (tertiary/aromatic N) is 5. The van der Waals surface area contributed by atoms with Gasteiger partial charge in [0, 0.05) is 12.6 Å². The van der Waals surface area contributed by atoms with Crippen LogP contribution in [0, 0.1) is 12.9 Å². The molecule has 0 bridgehead atoms. The second-order valence-corrected chi connectivity index (χ2v) is 5.97. The first-order chi connectivity index (χ1) is 13.7. The molecule has 0 aliphatic rings. The molecule has 0 aliphatic heterocycles. The van der Waals surface area contributed by atoms with Crippen molar-refractivity contribution in [3.05, 3.63) is 53.2 Å². The molecule has 0 aliphatic carbocycles. The molecule has 0 saturated heterocycles. The summed E-state index contributed by atoms with van der Waals surface area (Å²) in [6.45, 7) is 1.58. The Hall–Kier alpha value is -3.50. The molecule has 3 aromatic rings. The Morgan fingerprint density at radius 2 is 1.86 bits per heavy atom. The molecule has 0 radical (unpaired) electrons. The summed E-state index contributed by atoms with van der Waals surface area (Å²) in [4.78, 5) is 7.51. The molecule has 1 N–H and O–H groups in total. The van der Waals surface area contributed by atoms with Crippen LogP contribution in [-0.4, -0.2) is 33.1 Å². The molecule has 0 saturated carbocycles. The van der Waals surface area contributed by atoms with Gasteiger partial charge in [0.25, 0.3) is 0 Å². The molecule has 0 atom stereocenters. The van der Waals surface area contributed by atoms with Crippen molar-refractivity contribution >= 4 is 12.2 Å². The van der Waals surface area contributed by atoms with Crippen LogP contribution in [0.25, 0.3) is 11.3 Å². The fourth-order valence-corrected chi connectivity index (χ4v) is 2.50. The average molecular weight is 408 g/mol. The summed E-state index contributed by atoms with van der Waals surface area (Å²) in [7, 11) is 2.90. The number of rotatable bonds is 5. The van der Waals surface area contributed by atoms with E-state index in [0.717, 1.165) is 17.0 Å². The van der Waals surface area contributed by atoms with Crippen molar-refractivity contribution in [3.8, 4) is 17.0 Å². The Labute approximate surface area is 163 Å². The Kier molecular flexibility index (Phi) is 5.48. The zero-order chi connectivity index (χ0) is 21.2. The molecule has 7 nitrogen and oxygen atoms in total. The molecule has 2 aromatic heterocycles. The van der Waals surface area contributed by atoms with Crippen LogP contribution in [0.5, 0.6) is 5.75 Å². The third kappa shape index (κ3) is 4.50. The van der Waals surface area contributed by atoms with Crippen molar-refractivity contribution in [1.29, 1.82) is 0 Å². The molecular weight excluding hydrogens is 392 g/mol. The van der Waals surface area contributed by atoms with Crippen LogP contribution in [-0.2, 0) is 13.2 Å². The summed E-state index contributed by atoms with van der Waals surface area (Å²) >= 11 is 0. The van der Waals surface area contributed by atoms with E-state index in [1.165, 1.54) is 14.2 Å². The number of methoxy groups -OCH3 is 1. The summed E-state index contributed by atoms with van der Waals surface area (Å²) in [6, 6.07) is 7.18. The molecule has 152 valence electrons. The van der Waals surface area contributed by atoms with Gasteiger partial charge in [-0.15, -0.1) is 0 Å². The standard InChI is InChI=1S/C18H16F4N6O/c1-10-13(16(19)28(2)27-10)9-23-26-17-24-14(8-15(25-17)18(20,21)22)11-4-6-12(29-3)7-5-11/h4-9H,1-3H3,(H,24,25,26)/b23-9+. The van der Waals surface area contributed by atoms with Gasteiger partial charge in [-0.1, -0.05) is 0 Å².